The Hall–Kier alpha value is -1.68. The van der Waals surface area contributed by atoms with Crippen molar-refractivity contribution in [3.63, 3.8) is 0 Å². The molecule has 1 aliphatic heterocycles. The highest BCUT2D eigenvalue weighted by Crippen LogP contribution is 2.19. The lowest BCUT2D eigenvalue weighted by Gasteiger charge is -2.40. The number of rotatable bonds is 6. The molecule has 3 N–H and O–H groups in total. The van der Waals surface area contributed by atoms with Crippen molar-refractivity contribution in [3.8, 4) is 5.75 Å². The zero-order chi connectivity index (χ0) is 17.1. The van der Waals surface area contributed by atoms with E-state index in [1.165, 1.54) is 31.2 Å². The first-order chi connectivity index (χ1) is 10.8. The minimum Gasteiger partial charge on any atom is -0.508 e. The summed E-state index contributed by atoms with van der Waals surface area (Å²) < 4.78 is 32.1. The van der Waals surface area contributed by atoms with E-state index in [0.29, 0.717) is 26.3 Å². The average Bonchev–Trinajstić information content (AvgIpc) is 2.54. The Kier molecular flexibility index (Phi) is 5.25. The molecular formula is C14H20N2O6S. The van der Waals surface area contributed by atoms with Gasteiger partial charge in [-0.15, -0.1) is 0 Å². The largest absolute Gasteiger partial charge is 0.508 e. The maximum Gasteiger partial charge on any atom is 0.325 e. The molecule has 9 heteroatoms. The smallest absolute Gasteiger partial charge is 0.325 e. The third kappa shape index (κ3) is 3.99. The van der Waals surface area contributed by atoms with Crippen molar-refractivity contribution in [1.29, 1.82) is 0 Å². The Bertz CT molecular complexity index is 654. The monoisotopic (exact) mass is 344 g/mol. The number of carboxylic acids is 1. The number of phenols is 1. The van der Waals surface area contributed by atoms with Gasteiger partial charge in [0.25, 0.3) is 0 Å². The Morgan fingerprint density at radius 1 is 1.30 bits per heavy atom. The van der Waals surface area contributed by atoms with Crippen LogP contribution in [0.1, 0.15) is 6.92 Å². The van der Waals surface area contributed by atoms with Gasteiger partial charge in [-0.25, -0.2) is 13.1 Å². The number of benzene rings is 1. The van der Waals surface area contributed by atoms with Gasteiger partial charge in [0.1, 0.15) is 11.3 Å². The number of aromatic hydroxyl groups is 1. The van der Waals surface area contributed by atoms with Crippen LogP contribution in [-0.4, -0.2) is 67.9 Å². The van der Waals surface area contributed by atoms with Crippen molar-refractivity contribution in [2.24, 2.45) is 0 Å². The van der Waals surface area contributed by atoms with E-state index in [4.69, 9.17) is 4.74 Å². The number of ether oxygens (including phenoxy) is 1. The molecule has 1 fully saturated rings. The lowest BCUT2D eigenvalue weighted by atomic mass is 10.00. The van der Waals surface area contributed by atoms with Crippen LogP contribution in [0.2, 0.25) is 0 Å². The number of aliphatic carboxylic acids is 1. The fraction of sp³-hybridized carbons (Fsp3) is 0.500. The summed E-state index contributed by atoms with van der Waals surface area (Å²) in [6.45, 7) is 2.88. The van der Waals surface area contributed by atoms with Crippen LogP contribution in [0.15, 0.2) is 29.2 Å². The molecule has 0 aliphatic carbocycles. The lowest BCUT2D eigenvalue weighted by Crippen LogP contribution is -2.61. The summed E-state index contributed by atoms with van der Waals surface area (Å²) in [5.74, 6) is -1.15. The van der Waals surface area contributed by atoms with E-state index in [2.05, 4.69) is 4.72 Å². The van der Waals surface area contributed by atoms with Gasteiger partial charge in [0, 0.05) is 19.6 Å². The summed E-state index contributed by atoms with van der Waals surface area (Å²) in [5.41, 5.74) is -1.37. The van der Waals surface area contributed by atoms with Gasteiger partial charge in [0.15, 0.2) is 0 Å². The van der Waals surface area contributed by atoms with Crippen LogP contribution >= 0.6 is 0 Å². The van der Waals surface area contributed by atoms with Crippen molar-refractivity contribution < 1.29 is 28.2 Å². The maximum absolute atomic E-state index is 12.3. The van der Waals surface area contributed by atoms with E-state index in [1.807, 2.05) is 0 Å². The average molecular weight is 344 g/mol. The molecule has 1 saturated heterocycles. The van der Waals surface area contributed by atoms with Crippen LogP contribution in [0.25, 0.3) is 0 Å². The molecule has 0 amide bonds. The van der Waals surface area contributed by atoms with E-state index in [9.17, 15) is 23.4 Å². The molecule has 0 radical (unpaired) electrons. The Morgan fingerprint density at radius 3 is 2.39 bits per heavy atom. The number of nitrogens with zero attached hydrogens (tertiary/aromatic N) is 1. The van der Waals surface area contributed by atoms with E-state index in [-0.39, 0.29) is 17.2 Å². The molecule has 0 unspecified atom stereocenters. The summed E-state index contributed by atoms with van der Waals surface area (Å²) >= 11 is 0. The predicted octanol–water partition coefficient (Wildman–Crippen LogP) is -0.154. The molecule has 8 nitrogen and oxygen atoms in total. The molecule has 1 aromatic carbocycles. The fourth-order valence-corrected chi connectivity index (χ4v) is 3.46. The number of carbonyl (C=O) groups is 1. The number of nitrogens with one attached hydrogen (secondary N) is 1. The minimum atomic E-state index is -3.86. The zero-order valence-corrected chi connectivity index (χ0v) is 13.5. The first-order valence-electron chi connectivity index (χ1n) is 7.10. The second-order valence-electron chi connectivity index (χ2n) is 5.50. The Labute approximate surface area is 134 Å². The van der Waals surface area contributed by atoms with E-state index < -0.39 is 21.5 Å². The molecule has 128 valence electrons. The van der Waals surface area contributed by atoms with Gasteiger partial charge in [-0.05, 0) is 31.2 Å². The van der Waals surface area contributed by atoms with Gasteiger partial charge in [-0.1, -0.05) is 0 Å². The molecule has 0 saturated carbocycles. The van der Waals surface area contributed by atoms with Gasteiger partial charge in [-0.2, -0.15) is 0 Å². The number of phenolic OH excluding ortho intramolecular Hbond substituents is 1. The maximum atomic E-state index is 12.3. The van der Waals surface area contributed by atoms with Gasteiger partial charge in [0.2, 0.25) is 10.0 Å². The van der Waals surface area contributed by atoms with E-state index in [1.54, 1.807) is 4.90 Å². The number of hydrogen-bond donors (Lipinski definition) is 3. The quantitative estimate of drug-likeness (QED) is 0.657. The van der Waals surface area contributed by atoms with E-state index in [0.717, 1.165) is 0 Å². The SMILES string of the molecule is C[C@](CNS(=O)(=O)c1ccc(O)cc1)(C(=O)O)N1CCOCC1. The van der Waals surface area contributed by atoms with Crippen molar-refractivity contribution in [1.82, 2.24) is 9.62 Å². The molecule has 2 rings (SSSR count). The zero-order valence-electron chi connectivity index (χ0n) is 12.7. The number of sulfonamides is 1. The first-order valence-corrected chi connectivity index (χ1v) is 8.59. The Morgan fingerprint density at radius 2 is 1.87 bits per heavy atom. The number of morpholine rings is 1. The molecule has 0 aromatic heterocycles. The van der Waals surface area contributed by atoms with Crippen molar-refractivity contribution in [2.75, 3.05) is 32.8 Å². The summed E-state index contributed by atoms with van der Waals surface area (Å²) in [7, 11) is -3.86. The summed E-state index contributed by atoms with van der Waals surface area (Å²) in [6.07, 6.45) is 0. The van der Waals surface area contributed by atoms with Gasteiger partial charge >= 0.3 is 5.97 Å². The van der Waals surface area contributed by atoms with Crippen molar-refractivity contribution in [3.05, 3.63) is 24.3 Å². The predicted molar refractivity (Wildman–Crippen MR) is 81.7 cm³/mol. The van der Waals surface area contributed by atoms with Crippen LogP contribution in [0, 0.1) is 0 Å². The summed E-state index contributed by atoms with van der Waals surface area (Å²) in [4.78, 5) is 13.3. The second kappa shape index (κ2) is 6.83. The Balaban J connectivity index is 2.14. The molecule has 1 aliphatic rings. The lowest BCUT2D eigenvalue weighted by molar-refractivity contribution is -0.152. The number of hydrogen-bond acceptors (Lipinski definition) is 6. The molecule has 1 aromatic rings. The summed E-state index contributed by atoms with van der Waals surface area (Å²) in [6, 6.07) is 5.02. The molecule has 0 bridgehead atoms. The highest BCUT2D eigenvalue weighted by atomic mass is 32.2. The van der Waals surface area contributed by atoms with Gasteiger partial charge < -0.3 is 14.9 Å². The third-order valence-corrected chi connectivity index (χ3v) is 5.34. The highest BCUT2D eigenvalue weighted by molar-refractivity contribution is 7.89. The van der Waals surface area contributed by atoms with Crippen molar-refractivity contribution >= 4 is 16.0 Å². The topological polar surface area (TPSA) is 116 Å². The standard InChI is InChI=1S/C14H20N2O6S/c1-14(13(18)19,16-6-8-22-9-7-16)10-15-23(20,21)12-4-2-11(17)3-5-12/h2-5,15,17H,6-10H2,1H3,(H,18,19)/t14-/m0/s1. The number of carboxylic acid groups (broad SMARTS) is 1. The molecule has 23 heavy (non-hydrogen) atoms. The highest BCUT2D eigenvalue weighted by Gasteiger charge is 2.41. The van der Waals surface area contributed by atoms with Crippen LogP contribution < -0.4 is 4.72 Å². The first kappa shape index (κ1) is 17.7. The van der Waals surface area contributed by atoms with Crippen LogP contribution in [0.3, 0.4) is 0 Å². The summed E-state index contributed by atoms with van der Waals surface area (Å²) in [5, 5.41) is 18.8. The van der Waals surface area contributed by atoms with Gasteiger partial charge in [-0.3, -0.25) is 9.69 Å². The van der Waals surface area contributed by atoms with Crippen molar-refractivity contribution in [2.45, 2.75) is 17.4 Å². The molecular weight excluding hydrogens is 324 g/mol. The van der Waals surface area contributed by atoms with E-state index >= 15 is 0 Å². The van der Waals surface area contributed by atoms with Crippen LogP contribution in [-0.2, 0) is 19.6 Å². The normalized spacial score (nSPS) is 19.2. The van der Waals surface area contributed by atoms with Crippen LogP contribution in [0.5, 0.6) is 5.75 Å². The minimum absolute atomic E-state index is 0.0370. The molecule has 1 atom stereocenters. The van der Waals surface area contributed by atoms with Gasteiger partial charge in [0.05, 0.1) is 18.1 Å². The second-order valence-corrected chi connectivity index (χ2v) is 7.26. The van der Waals surface area contributed by atoms with Crippen LogP contribution in [0.4, 0.5) is 0 Å². The molecule has 1 heterocycles. The third-order valence-electron chi connectivity index (χ3n) is 3.92. The molecule has 0 spiro atoms. The fourth-order valence-electron chi connectivity index (χ4n) is 2.32.